The molecule has 1 aliphatic carbocycles. The maximum Gasteiger partial charge on any atom is 0.160 e. The van der Waals surface area contributed by atoms with Gasteiger partial charge in [0.25, 0.3) is 0 Å². The van der Waals surface area contributed by atoms with Crippen molar-refractivity contribution in [2.75, 3.05) is 11.9 Å². The zero-order valence-corrected chi connectivity index (χ0v) is 18.5. The summed E-state index contributed by atoms with van der Waals surface area (Å²) in [7, 11) is 0. The number of amidine groups is 1. The van der Waals surface area contributed by atoms with Gasteiger partial charge in [0.1, 0.15) is 30.0 Å². The van der Waals surface area contributed by atoms with Crippen molar-refractivity contribution >= 4 is 39.5 Å². The van der Waals surface area contributed by atoms with Crippen LogP contribution in [0.5, 0.6) is 5.75 Å². The molecular weight excluding hydrogens is 439 g/mol. The Hall–Kier alpha value is -3.82. The summed E-state index contributed by atoms with van der Waals surface area (Å²) in [4.78, 5) is 17.6. The number of fused-ring (bicyclic) bond motifs is 2. The number of hydrogen-bond donors (Lipinski definition) is 2. The molecular formula is C24H19FN6OS. The maximum atomic E-state index is 15.0. The van der Waals surface area contributed by atoms with Crippen molar-refractivity contribution in [3.8, 4) is 30.4 Å². The largest absolute Gasteiger partial charge is 0.479 e. The Morgan fingerprint density at radius 2 is 2.15 bits per heavy atom. The van der Waals surface area contributed by atoms with Crippen LogP contribution in [0.25, 0.3) is 11.0 Å². The summed E-state index contributed by atoms with van der Waals surface area (Å²) in [6, 6.07) is 6.48. The summed E-state index contributed by atoms with van der Waals surface area (Å²) >= 11 is 1.39. The van der Waals surface area contributed by atoms with E-state index in [1.54, 1.807) is 24.4 Å². The number of pyridine rings is 1. The van der Waals surface area contributed by atoms with Crippen molar-refractivity contribution in [3.63, 3.8) is 0 Å². The van der Waals surface area contributed by atoms with Gasteiger partial charge in [-0.05, 0) is 31.5 Å². The van der Waals surface area contributed by atoms with E-state index in [1.165, 1.54) is 24.2 Å². The molecule has 0 saturated heterocycles. The normalized spacial score (nSPS) is 25.3. The van der Waals surface area contributed by atoms with E-state index in [0.29, 0.717) is 39.0 Å². The van der Waals surface area contributed by atoms with Crippen LogP contribution in [0.3, 0.4) is 0 Å². The van der Waals surface area contributed by atoms with Crippen molar-refractivity contribution in [2.45, 2.75) is 23.6 Å². The first kappa shape index (κ1) is 21.0. The third kappa shape index (κ3) is 3.51. The SMILES string of the molecule is C#CCOc1cnc2c(Nc3ccc(F)c([C@@]4(C)N=C(N)S[C@@]5(C#C)C[C@H]54)c3)ncnc2c1. The number of benzene rings is 1. The highest BCUT2D eigenvalue weighted by Crippen LogP contribution is 2.65. The van der Waals surface area contributed by atoms with Crippen LogP contribution in [0.4, 0.5) is 15.9 Å². The Labute approximate surface area is 194 Å². The number of aliphatic imine (C=N–C) groups is 1. The van der Waals surface area contributed by atoms with Crippen molar-refractivity contribution in [2.24, 2.45) is 16.6 Å². The van der Waals surface area contributed by atoms with Gasteiger partial charge in [-0.3, -0.25) is 4.99 Å². The molecule has 3 N–H and O–H groups in total. The van der Waals surface area contributed by atoms with Crippen LogP contribution in [0.15, 0.2) is 41.8 Å². The van der Waals surface area contributed by atoms with Gasteiger partial charge in [0.15, 0.2) is 11.0 Å². The minimum atomic E-state index is -0.862. The molecule has 3 aromatic rings. The number of ether oxygens (including phenoxy) is 1. The van der Waals surface area contributed by atoms with Crippen LogP contribution in [-0.4, -0.2) is 31.5 Å². The van der Waals surface area contributed by atoms with Crippen molar-refractivity contribution in [3.05, 3.63) is 48.2 Å². The van der Waals surface area contributed by atoms with Gasteiger partial charge in [0, 0.05) is 23.2 Å². The summed E-state index contributed by atoms with van der Waals surface area (Å²) < 4.78 is 20.0. The van der Waals surface area contributed by atoms with Crippen LogP contribution in [0.2, 0.25) is 0 Å². The average molecular weight is 459 g/mol. The van der Waals surface area contributed by atoms with Gasteiger partial charge in [-0.15, -0.1) is 12.8 Å². The van der Waals surface area contributed by atoms with Gasteiger partial charge in [0.05, 0.1) is 22.0 Å². The van der Waals surface area contributed by atoms with Crippen molar-refractivity contribution < 1.29 is 9.13 Å². The summed E-state index contributed by atoms with van der Waals surface area (Å²) in [6.45, 7) is 2.01. The van der Waals surface area contributed by atoms with Crippen molar-refractivity contribution in [1.29, 1.82) is 0 Å². The van der Waals surface area contributed by atoms with Gasteiger partial charge >= 0.3 is 0 Å². The highest BCUT2D eigenvalue weighted by Gasteiger charge is 2.66. The van der Waals surface area contributed by atoms with Gasteiger partial charge in [-0.25, -0.2) is 19.3 Å². The summed E-state index contributed by atoms with van der Waals surface area (Å²) in [5, 5.41) is 3.59. The van der Waals surface area contributed by atoms with E-state index in [4.69, 9.17) is 23.3 Å². The number of terminal acetylenes is 2. The lowest BCUT2D eigenvalue weighted by Gasteiger charge is -2.32. The maximum absolute atomic E-state index is 15.0. The Morgan fingerprint density at radius 3 is 2.94 bits per heavy atom. The van der Waals surface area contributed by atoms with Gasteiger partial charge in [0.2, 0.25) is 0 Å². The first-order valence-electron chi connectivity index (χ1n) is 10.1. The number of hydrogen-bond acceptors (Lipinski definition) is 8. The number of nitrogens with two attached hydrogens (primary N) is 1. The lowest BCUT2D eigenvalue weighted by atomic mass is 9.85. The first-order valence-corrected chi connectivity index (χ1v) is 11.0. The summed E-state index contributed by atoms with van der Waals surface area (Å²) in [6.07, 6.45) is 14.7. The minimum absolute atomic E-state index is 0.0000265. The minimum Gasteiger partial charge on any atom is -0.479 e. The molecule has 1 aliphatic heterocycles. The van der Waals surface area contributed by atoms with E-state index >= 15 is 4.39 Å². The predicted molar refractivity (Wildman–Crippen MR) is 128 cm³/mol. The second kappa shape index (κ2) is 7.65. The standard InChI is InChI=1S/C24H19FN6OS/c1-4-8-32-15-10-18-20(27-12-15)21(29-13-28-18)30-14-6-7-17(25)16(9-14)23(3)19-11-24(19,5-2)33-22(26)31-23/h1-2,6-7,9-10,12-13,19H,8,11H2,3H3,(H2,26,31)(H,28,29,30)/t19-,23+,24-/m0/s1. The number of nitrogens with zero attached hydrogens (tertiary/aromatic N) is 4. The summed E-state index contributed by atoms with van der Waals surface area (Å²) in [5.74, 6) is 5.86. The topological polar surface area (TPSA) is 98.3 Å². The molecule has 0 radical (unpaired) electrons. The summed E-state index contributed by atoms with van der Waals surface area (Å²) in [5.41, 5.74) is 7.38. The van der Waals surface area contributed by atoms with Crippen LogP contribution >= 0.6 is 11.8 Å². The second-order valence-electron chi connectivity index (χ2n) is 8.06. The molecule has 7 nitrogen and oxygen atoms in total. The Balaban J connectivity index is 1.50. The molecule has 0 bridgehead atoms. The monoisotopic (exact) mass is 458 g/mol. The van der Waals surface area contributed by atoms with E-state index < -0.39 is 10.3 Å². The predicted octanol–water partition coefficient (Wildman–Crippen LogP) is 3.59. The molecule has 33 heavy (non-hydrogen) atoms. The molecule has 2 aliphatic rings. The van der Waals surface area contributed by atoms with E-state index in [-0.39, 0.29) is 18.3 Å². The number of nitrogens with one attached hydrogen (secondary N) is 1. The third-order valence-corrected chi connectivity index (χ3v) is 7.24. The highest BCUT2D eigenvalue weighted by atomic mass is 32.2. The molecule has 0 unspecified atom stereocenters. The molecule has 1 aromatic carbocycles. The molecule has 0 spiro atoms. The molecule has 3 atom stereocenters. The van der Waals surface area contributed by atoms with E-state index in [1.807, 2.05) is 6.92 Å². The van der Waals surface area contributed by atoms with Crippen LogP contribution in [0, 0.1) is 36.4 Å². The lowest BCUT2D eigenvalue weighted by molar-refractivity contribution is 0.369. The highest BCUT2D eigenvalue weighted by molar-refractivity contribution is 8.15. The molecule has 2 aromatic heterocycles. The Bertz CT molecular complexity index is 1400. The molecule has 3 heterocycles. The number of aromatic nitrogens is 3. The average Bonchev–Trinajstić information content (AvgIpc) is 3.55. The van der Waals surface area contributed by atoms with Gasteiger partial charge < -0.3 is 15.8 Å². The van der Waals surface area contributed by atoms with Crippen LogP contribution < -0.4 is 15.8 Å². The molecule has 1 fully saturated rings. The fourth-order valence-corrected chi connectivity index (χ4v) is 5.60. The fourth-order valence-electron chi connectivity index (χ4n) is 4.31. The molecule has 5 rings (SSSR count). The number of rotatable bonds is 5. The molecule has 9 heteroatoms. The smallest absolute Gasteiger partial charge is 0.160 e. The van der Waals surface area contributed by atoms with Crippen LogP contribution in [-0.2, 0) is 5.54 Å². The lowest BCUT2D eigenvalue weighted by Crippen LogP contribution is -2.35. The molecule has 164 valence electrons. The van der Waals surface area contributed by atoms with Gasteiger partial charge in [-0.2, -0.15) is 0 Å². The number of anilines is 2. The molecule has 1 saturated carbocycles. The zero-order chi connectivity index (χ0) is 23.2. The zero-order valence-electron chi connectivity index (χ0n) is 17.7. The Kier molecular flexibility index (Phi) is 4.88. The van der Waals surface area contributed by atoms with Crippen LogP contribution in [0.1, 0.15) is 18.9 Å². The Morgan fingerprint density at radius 1 is 1.30 bits per heavy atom. The fraction of sp³-hybridized carbons (Fsp3) is 0.250. The first-order chi connectivity index (χ1) is 15.9. The van der Waals surface area contributed by atoms with Crippen molar-refractivity contribution in [1.82, 2.24) is 15.0 Å². The van der Waals surface area contributed by atoms with E-state index in [0.717, 1.165) is 6.42 Å². The quantitative estimate of drug-likeness (QED) is 0.564. The second-order valence-corrected chi connectivity index (χ2v) is 9.41. The van der Waals surface area contributed by atoms with Gasteiger partial charge in [-0.1, -0.05) is 23.6 Å². The van der Waals surface area contributed by atoms with E-state index in [9.17, 15) is 0 Å². The number of halogens is 1. The number of thioether (sulfide) groups is 1. The third-order valence-electron chi connectivity index (χ3n) is 6.01. The van der Waals surface area contributed by atoms with E-state index in [2.05, 4.69) is 37.1 Å². The molecule has 0 amide bonds.